The van der Waals surface area contributed by atoms with Crippen molar-refractivity contribution in [1.29, 1.82) is 0 Å². The lowest BCUT2D eigenvalue weighted by Gasteiger charge is -2.28. The third-order valence-electron chi connectivity index (χ3n) is 3.38. The molecular formula is C12H24N2O2. The van der Waals surface area contributed by atoms with E-state index in [2.05, 4.69) is 5.32 Å². The minimum absolute atomic E-state index is 0.166. The van der Waals surface area contributed by atoms with E-state index >= 15 is 0 Å². The SMILES string of the molecule is COCC(C)N(C)C(=O)CC1CCNCC1. The molecule has 0 aliphatic carbocycles. The molecule has 1 saturated heterocycles. The number of rotatable bonds is 5. The fourth-order valence-corrected chi connectivity index (χ4v) is 2.08. The Morgan fingerprint density at radius 2 is 2.12 bits per heavy atom. The van der Waals surface area contributed by atoms with E-state index in [0.717, 1.165) is 25.9 Å². The van der Waals surface area contributed by atoms with Crippen LogP contribution in [-0.4, -0.2) is 50.7 Å². The Morgan fingerprint density at radius 3 is 2.69 bits per heavy atom. The second-order valence-corrected chi connectivity index (χ2v) is 4.71. The van der Waals surface area contributed by atoms with Crippen LogP contribution < -0.4 is 5.32 Å². The van der Waals surface area contributed by atoms with Gasteiger partial charge in [0.25, 0.3) is 0 Å². The van der Waals surface area contributed by atoms with Gasteiger partial charge >= 0.3 is 0 Å². The highest BCUT2D eigenvalue weighted by atomic mass is 16.5. The Labute approximate surface area is 98.3 Å². The number of nitrogens with zero attached hydrogens (tertiary/aromatic N) is 1. The zero-order valence-electron chi connectivity index (χ0n) is 10.7. The summed E-state index contributed by atoms with van der Waals surface area (Å²) in [5.41, 5.74) is 0. The van der Waals surface area contributed by atoms with Crippen molar-refractivity contribution in [2.75, 3.05) is 33.9 Å². The van der Waals surface area contributed by atoms with E-state index in [9.17, 15) is 4.79 Å². The first-order valence-corrected chi connectivity index (χ1v) is 6.10. The van der Waals surface area contributed by atoms with Crippen molar-refractivity contribution in [3.8, 4) is 0 Å². The van der Waals surface area contributed by atoms with Crippen molar-refractivity contribution in [3.63, 3.8) is 0 Å². The van der Waals surface area contributed by atoms with E-state index in [1.807, 2.05) is 18.9 Å². The van der Waals surface area contributed by atoms with Crippen LogP contribution >= 0.6 is 0 Å². The maximum Gasteiger partial charge on any atom is 0.222 e. The molecule has 0 aromatic carbocycles. The van der Waals surface area contributed by atoms with Gasteiger partial charge < -0.3 is 15.0 Å². The molecule has 0 bridgehead atoms. The van der Waals surface area contributed by atoms with E-state index in [0.29, 0.717) is 18.9 Å². The number of amides is 1. The van der Waals surface area contributed by atoms with Crippen LogP contribution in [-0.2, 0) is 9.53 Å². The van der Waals surface area contributed by atoms with Crippen LogP contribution in [0.15, 0.2) is 0 Å². The standard InChI is InChI=1S/C12H24N2O2/c1-10(9-16-3)14(2)12(15)8-11-4-6-13-7-5-11/h10-11,13H,4-9H2,1-3H3. The minimum atomic E-state index is 0.166. The largest absolute Gasteiger partial charge is 0.383 e. The Balaban J connectivity index is 2.32. The third-order valence-corrected chi connectivity index (χ3v) is 3.38. The molecule has 1 amide bonds. The van der Waals surface area contributed by atoms with Crippen molar-refractivity contribution in [1.82, 2.24) is 10.2 Å². The summed E-state index contributed by atoms with van der Waals surface area (Å²) >= 11 is 0. The lowest BCUT2D eigenvalue weighted by atomic mass is 9.94. The first-order chi connectivity index (χ1) is 7.65. The number of hydrogen-bond donors (Lipinski definition) is 1. The smallest absolute Gasteiger partial charge is 0.222 e. The van der Waals surface area contributed by atoms with Crippen LogP contribution in [0.2, 0.25) is 0 Å². The molecule has 1 fully saturated rings. The molecular weight excluding hydrogens is 204 g/mol. The van der Waals surface area contributed by atoms with Crippen LogP contribution in [0.25, 0.3) is 0 Å². The van der Waals surface area contributed by atoms with Gasteiger partial charge in [-0.3, -0.25) is 4.79 Å². The minimum Gasteiger partial charge on any atom is -0.383 e. The Hall–Kier alpha value is -0.610. The number of methoxy groups -OCH3 is 1. The van der Waals surface area contributed by atoms with Crippen molar-refractivity contribution in [2.24, 2.45) is 5.92 Å². The van der Waals surface area contributed by atoms with Gasteiger partial charge in [-0.2, -0.15) is 0 Å². The van der Waals surface area contributed by atoms with E-state index in [1.165, 1.54) is 0 Å². The summed E-state index contributed by atoms with van der Waals surface area (Å²) < 4.78 is 5.06. The van der Waals surface area contributed by atoms with Crippen molar-refractivity contribution in [2.45, 2.75) is 32.2 Å². The molecule has 1 unspecified atom stereocenters. The lowest BCUT2D eigenvalue weighted by Crippen LogP contribution is -2.39. The highest BCUT2D eigenvalue weighted by Gasteiger charge is 2.21. The number of nitrogens with one attached hydrogen (secondary N) is 1. The average Bonchev–Trinajstić information content (AvgIpc) is 2.29. The Bertz CT molecular complexity index is 215. The molecule has 0 aromatic rings. The summed E-state index contributed by atoms with van der Waals surface area (Å²) in [5, 5.41) is 3.32. The van der Waals surface area contributed by atoms with Gasteiger partial charge in [-0.05, 0) is 38.8 Å². The fourth-order valence-electron chi connectivity index (χ4n) is 2.08. The quantitative estimate of drug-likeness (QED) is 0.759. The van der Waals surface area contributed by atoms with E-state index in [-0.39, 0.29) is 11.9 Å². The van der Waals surface area contributed by atoms with Crippen molar-refractivity contribution in [3.05, 3.63) is 0 Å². The van der Waals surface area contributed by atoms with Gasteiger partial charge in [-0.25, -0.2) is 0 Å². The van der Waals surface area contributed by atoms with E-state index in [4.69, 9.17) is 4.74 Å². The molecule has 1 rings (SSSR count). The molecule has 0 aromatic heterocycles. The summed E-state index contributed by atoms with van der Waals surface area (Å²) in [4.78, 5) is 13.8. The first kappa shape index (κ1) is 13.5. The molecule has 1 aliphatic heterocycles. The van der Waals surface area contributed by atoms with Crippen molar-refractivity contribution >= 4 is 5.91 Å². The number of piperidine rings is 1. The molecule has 94 valence electrons. The van der Waals surface area contributed by atoms with Gasteiger partial charge in [-0.1, -0.05) is 0 Å². The molecule has 0 radical (unpaired) electrons. The van der Waals surface area contributed by atoms with Gasteiger partial charge in [0.15, 0.2) is 0 Å². The maximum atomic E-state index is 12.0. The van der Waals surface area contributed by atoms with Crippen molar-refractivity contribution < 1.29 is 9.53 Å². The molecule has 0 spiro atoms. The van der Waals surface area contributed by atoms with Gasteiger partial charge in [0, 0.05) is 20.6 Å². The Kier molecular flexibility index (Phi) is 5.77. The van der Waals surface area contributed by atoms with Gasteiger partial charge in [0.2, 0.25) is 5.91 Å². The highest BCUT2D eigenvalue weighted by Crippen LogP contribution is 2.17. The van der Waals surface area contributed by atoms with Gasteiger partial charge in [0.05, 0.1) is 12.6 Å². The number of ether oxygens (including phenoxy) is 1. The van der Waals surface area contributed by atoms with E-state index < -0.39 is 0 Å². The molecule has 1 heterocycles. The first-order valence-electron chi connectivity index (χ1n) is 6.10. The third kappa shape index (κ3) is 4.10. The van der Waals surface area contributed by atoms with Crippen LogP contribution in [0.4, 0.5) is 0 Å². The zero-order chi connectivity index (χ0) is 12.0. The Morgan fingerprint density at radius 1 is 1.50 bits per heavy atom. The monoisotopic (exact) mass is 228 g/mol. The molecule has 1 atom stereocenters. The van der Waals surface area contributed by atoms with Crippen LogP contribution in [0.3, 0.4) is 0 Å². The van der Waals surface area contributed by atoms with Crippen LogP contribution in [0.1, 0.15) is 26.2 Å². The fraction of sp³-hybridized carbons (Fsp3) is 0.917. The van der Waals surface area contributed by atoms with E-state index in [1.54, 1.807) is 7.11 Å². The lowest BCUT2D eigenvalue weighted by molar-refractivity contribution is -0.133. The molecule has 1 N–H and O–H groups in total. The second kappa shape index (κ2) is 6.86. The summed E-state index contributed by atoms with van der Waals surface area (Å²) in [5.74, 6) is 0.808. The molecule has 4 nitrogen and oxygen atoms in total. The topological polar surface area (TPSA) is 41.6 Å². The average molecular weight is 228 g/mol. The predicted molar refractivity (Wildman–Crippen MR) is 64.3 cm³/mol. The number of carbonyl (C=O) groups is 1. The summed E-state index contributed by atoms with van der Waals surface area (Å²) in [6.45, 7) is 4.73. The summed E-state index contributed by atoms with van der Waals surface area (Å²) in [6.07, 6.45) is 2.93. The highest BCUT2D eigenvalue weighted by molar-refractivity contribution is 5.76. The normalized spacial score (nSPS) is 19.4. The maximum absolute atomic E-state index is 12.0. The molecule has 0 saturated carbocycles. The summed E-state index contributed by atoms with van der Waals surface area (Å²) in [7, 11) is 3.54. The number of hydrogen-bond acceptors (Lipinski definition) is 3. The van der Waals surface area contributed by atoms with Crippen LogP contribution in [0.5, 0.6) is 0 Å². The van der Waals surface area contributed by atoms with Gasteiger partial charge in [0.1, 0.15) is 0 Å². The van der Waals surface area contributed by atoms with Crippen LogP contribution in [0, 0.1) is 5.92 Å². The molecule has 1 aliphatic rings. The second-order valence-electron chi connectivity index (χ2n) is 4.71. The number of likely N-dealkylation sites (N-methyl/N-ethyl adjacent to an activating group) is 1. The van der Waals surface area contributed by atoms with Gasteiger partial charge in [-0.15, -0.1) is 0 Å². The molecule has 4 heteroatoms. The predicted octanol–water partition coefficient (Wildman–Crippen LogP) is 0.869. The zero-order valence-corrected chi connectivity index (χ0v) is 10.7. The number of carbonyl (C=O) groups excluding carboxylic acids is 1. The summed E-state index contributed by atoms with van der Waals surface area (Å²) in [6, 6.07) is 0.166. The molecule has 16 heavy (non-hydrogen) atoms.